The van der Waals surface area contributed by atoms with E-state index in [2.05, 4.69) is 16.0 Å². The maximum Gasteiger partial charge on any atom is 0.0609 e. The summed E-state index contributed by atoms with van der Waals surface area (Å²) in [7, 11) is 2.04. The van der Waals surface area contributed by atoms with E-state index in [0.717, 1.165) is 13.0 Å². The summed E-state index contributed by atoms with van der Waals surface area (Å²) in [6.07, 6.45) is 4.97. The van der Waals surface area contributed by atoms with Crippen LogP contribution in [-0.4, -0.2) is 40.7 Å². The zero-order chi connectivity index (χ0) is 10.6. The molecule has 1 heterocycles. The van der Waals surface area contributed by atoms with Gasteiger partial charge in [0.05, 0.1) is 6.61 Å². The highest BCUT2D eigenvalue weighted by molar-refractivity contribution is 5.08. The van der Waals surface area contributed by atoms with Gasteiger partial charge in [-0.2, -0.15) is 0 Å². The van der Waals surface area contributed by atoms with Gasteiger partial charge >= 0.3 is 0 Å². The Morgan fingerprint density at radius 2 is 2.21 bits per heavy atom. The van der Waals surface area contributed by atoms with E-state index in [1.165, 1.54) is 5.56 Å². The van der Waals surface area contributed by atoms with Crippen molar-refractivity contribution in [1.29, 1.82) is 0 Å². The van der Waals surface area contributed by atoms with Crippen molar-refractivity contribution >= 4 is 0 Å². The molecule has 0 aliphatic carbocycles. The molecule has 1 aromatic rings. The quantitative estimate of drug-likeness (QED) is 0.744. The Hall–Kier alpha value is -0.800. The highest BCUT2D eigenvalue weighted by atomic mass is 16.3. The molecule has 0 bridgehead atoms. The van der Waals surface area contributed by atoms with E-state index in [-0.39, 0.29) is 12.1 Å². The summed E-state index contributed by atoms with van der Waals surface area (Å²) in [5, 5.41) is 9.17. The Kier molecular flexibility index (Phi) is 3.72. The van der Waals surface area contributed by atoms with Gasteiger partial charge in [-0.05, 0) is 38.9 Å². The van der Waals surface area contributed by atoms with Crippen LogP contribution in [0.3, 0.4) is 0 Å². The molecule has 3 nitrogen and oxygen atoms in total. The van der Waals surface area contributed by atoms with Gasteiger partial charge in [-0.25, -0.2) is 0 Å². The van der Waals surface area contributed by atoms with Crippen molar-refractivity contribution in [2.75, 3.05) is 20.2 Å². The van der Waals surface area contributed by atoms with Gasteiger partial charge in [-0.15, -0.1) is 0 Å². The Balaban J connectivity index is 2.38. The highest BCUT2D eigenvalue weighted by Gasteiger charge is 2.21. The molecular formula is C11H20N2O. The molecule has 0 radical (unpaired) electrons. The molecule has 1 rings (SSSR count). The molecule has 1 aromatic heterocycles. The second-order valence-corrected chi connectivity index (χ2v) is 4.36. The minimum Gasteiger partial charge on any atom is -0.394 e. The van der Waals surface area contributed by atoms with Gasteiger partial charge in [-0.1, -0.05) is 0 Å². The van der Waals surface area contributed by atoms with E-state index < -0.39 is 0 Å². The fourth-order valence-electron chi connectivity index (χ4n) is 1.23. The van der Waals surface area contributed by atoms with E-state index >= 15 is 0 Å². The van der Waals surface area contributed by atoms with Crippen molar-refractivity contribution in [2.24, 2.45) is 0 Å². The average molecular weight is 196 g/mol. The molecule has 0 fully saturated rings. The van der Waals surface area contributed by atoms with E-state index in [4.69, 9.17) is 0 Å². The Bertz CT molecular complexity index is 254. The molecule has 2 N–H and O–H groups in total. The number of H-pyrrole nitrogens is 1. The lowest BCUT2D eigenvalue weighted by molar-refractivity contribution is 0.0801. The molecule has 0 unspecified atom stereocenters. The largest absolute Gasteiger partial charge is 0.394 e. The molecule has 0 aliphatic rings. The normalized spacial score (nSPS) is 12.4. The topological polar surface area (TPSA) is 39.3 Å². The fourth-order valence-corrected chi connectivity index (χ4v) is 1.23. The van der Waals surface area contributed by atoms with Crippen LogP contribution in [0.5, 0.6) is 0 Å². The number of hydrogen-bond donors (Lipinski definition) is 2. The maximum atomic E-state index is 9.17. The lowest BCUT2D eigenvalue weighted by Crippen LogP contribution is -2.45. The van der Waals surface area contributed by atoms with Crippen LogP contribution in [0, 0.1) is 0 Å². The third-order valence-corrected chi connectivity index (χ3v) is 2.82. The van der Waals surface area contributed by atoms with Crippen molar-refractivity contribution in [3.05, 3.63) is 24.0 Å². The molecule has 0 saturated heterocycles. The second-order valence-electron chi connectivity index (χ2n) is 4.36. The Morgan fingerprint density at radius 1 is 1.50 bits per heavy atom. The monoisotopic (exact) mass is 196 g/mol. The predicted molar refractivity (Wildman–Crippen MR) is 58.3 cm³/mol. The number of hydrogen-bond acceptors (Lipinski definition) is 2. The zero-order valence-corrected chi connectivity index (χ0v) is 9.25. The summed E-state index contributed by atoms with van der Waals surface area (Å²) in [5.74, 6) is 0. The molecule has 0 aromatic carbocycles. The average Bonchev–Trinajstić information content (AvgIpc) is 2.66. The molecular weight excluding hydrogens is 176 g/mol. The first-order valence-electron chi connectivity index (χ1n) is 5.00. The molecule has 0 atom stereocenters. The summed E-state index contributed by atoms with van der Waals surface area (Å²) in [4.78, 5) is 5.22. The van der Waals surface area contributed by atoms with E-state index in [1.54, 1.807) is 0 Å². The SMILES string of the molecule is CN(CCc1cc[nH]c1)C(C)(C)CO. The standard InChI is InChI=1S/C11H20N2O/c1-11(2,9-14)13(3)7-5-10-4-6-12-8-10/h4,6,8,12,14H,5,7,9H2,1-3H3. The first-order valence-corrected chi connectivity index (χ1v) is 5.00. The van der Waals surface area contributed by atoms with Crippen LogP contribution in [0.15, 0.2) is 18.5 Å². The van der Waals surface area contributed by atoms with Crippen LogP contribution in [0.25, 0.3) is 0 Å². The predicted octanol–water partition coefficient (Wildman–Crippen LogP) is 1.26. The molecule has 0 saturated carbocycles. The van der Waals surface area contributed by atoms with Crippen LogP contribution in [0.2, 0.25) is 0 Å². The molecule has 80 valence electrons. The zero-order valence-electron chi connectivity index (χ0n) is 9.25. The first kappa shape index (κ1) is 11.3. The van der Waals surface area contributed by atoms with Gasteiger partial charge in [-0.3, -0.25) is 4.90 Å². The van der Waals surface area contributed by atoms with Crippen molar-refractivity contribution in [2.45, 2.75) is 25.8 Å². The van der Waals surface area contributed by atoms with Gasteiger partial charge in [0.15, 0.2) is 0 Å². The number of aliphatic hydroxyl groups excluding tert-OH is 1. The third-order valence-electron chi connectivity index (χ3n) is 2.82. The second kappa shape index (κ2) is 4.62. The number of nitrogens with zero attached hydrogens (tertiary/aromatic N) is 1. The van der Waals surface area contributed by atoms with Crippen molar-refractivity contribution in [3.63, 3.8) is 0 Å². The molecule has 14 heavy (non-hydrogen) atoms. The molecule has 0 aliphatic heterocycles. The van der Waals surface area contributed by atoms with Crippen LogP contribution >= 0.6 is 0 Å². The molecule has 0 spiro atoms. The van der Waals surface area contributed by atoms with E-state index in [0.29, 0.717) is 0 Å². The van der Waals surface area contributed by atoms with Crippen molar-refractivity contribution in [3.8, 4) is 0 Å². The van der Waals surface area contributed by atoms with Crippen molar-refractivity contribution in [1.82, 2.24) is 9.88 Å². The lowest BCUT2D eigenvalue weighted by atomic mass is 10.0. The van der Waals surface area contributed by atoms with Crippen LogP contribution in [-0.2, 0) is 6.42 Å². The minimum atomic E-state index is -0.129. The number of nitrogens with one attached hydrogen (secondary N) is 1. The number of aliphatic hydroxyl groups is 1. The maximum absolute atomic E-state index is 9.17. The van der Waals surface area contributed by atoms with Gasteiger partial charge in [0.1, 0.15) is 0 Å². The first-order chi connectivity index (χ1) is 6.56. The number of likely N-dealkylation sites (N-methyl/N-ethyl adjacent to an activating group) is 1. The summed E-state index contributed by atoms with van der Waals surface area (Å²) in [6, 6.07) is 2.08. The van der Waals surface area contributed by atoms with Crippen molar-refractivity contribution < 1.29 is 5.11 Å². The molecule has 3 heteroatoms. The summed E-state index contributed by atoms with van der Waals surface area (Å²) in [6.45, 7) is 5.25. The molecule has 0 amide bonds. The third kappa shape index (κ3) is 2.86. The smallest absolute Gasteiger partial charge is 0.0609 e. The summed E-state index contributed by atoms with van der Waals surface area (Å²) in [5.41, 5.74) is 1.18. The van der Waals surface area contributed by atoms with Crippen LogP contribution < -0.4 is 0 Å². The van der Waals surface area contributed by atoms with E-state index in [9.17, 15) is 5.11 Å². The van der Waals surface area contributed by atoms with E-state index in [1.807, 2.05) is 33.3 Å². The van der Waals surface area contributed by atoms with Crippen LogP contribution in [0.1, 0.15) is 19.4 Å². The number of aromatic amines is 1. The number of rotatable bonds is 5. The van der Waals surface area contributed by atoms with Crippen LogP contribution in [0.4, 0.5) is 0 Å². The fraction of sp³-hybridized carbons (Fsp3) is 0.636. The number of aromatic nitrogens is 1. The highest BCUT2D eigenvalue weighted by Crippen LogP contribution is 2.11. The Labute approximate surface area is 85.7 Å². The van der Waals surface area contributed by atoms with Gasteiger partial charge in [0.2, 0.25) is 0 Å². The van der Waals surface area contributed by atoms with Gasteiger partial charge in [0, 0.05) is 24.5 Å². The van der Waals surface area contributed by atoms with Gasteiger partial charge < -0.3 is 10.1 Å². The minimum absolute atomic E-state index is 0.129. The van der Waals surface area contributed by atoms with Gasteiger partial charge in [0.25, 0.3) is 0 Å². The lowest BCUT2D eigenvalue weighted by Gasteiger charge is -2.33. The Morgan fingerprint density at radius 3 is 2.71 bits per heavy atom. The summed E-state index contributed by atoms with van der Waals surface area (Å²) >= 11 is 0. The summed E-state index contributed by atoms with van der Waals surface area (Å²) < 4.78 is 0.